The van der Waals surface area contributed by atoms with Crippen molar-refractivity contribution >= 4 is 0 Å². The Morgan fingerprint density at radius 2 is 2.17 bits per heavy atom. The van der Waals surface area contributed by atoms with Gasteiger partial charge in [-0.1, -0.05) is 31.4 Å². The number of hydrogen-bond donors (Lipinski definition) is 1. The fraction of sp³-hybridized carbons (Fsp3) is 0.619. The second-order valence-electron chi connectivity index (χ2n) is 7.55. The molecule has 1 aliphatic carbocycles. The van der Waals surface area contributed by atoms with Crippen LogP contribution in [0.2, 0.25) is 0 Å². The van der Waals surface area contributed by atoms with Gasteiger partial charge in [-0.3, -0.25) is 0 Å². The van der Waals surface area contributed by atoms with Crippen LogP contribution in [-0.4, -0.2) is 10.7 Å². The van der Waals surface area contributed by atoms with E-state index in [-0.39, 0.29) is 23.2 Å². The van der Waals surface area contributed by atoms with Crippen molar-refractivity contribution in [1.29, 1.82) is 0 Å². The van der Waals surface area contributed by atoms with Gasteiger partial charge in [-0.25, -0.2) is 0 Å². The molecule has 23 heavy (non-hydrogen) atoms. The lowest BCUT2D eigenvalue weighted by molar-refractivity contribution is 0.0107. The minimum absolute atomic E-state index is 0.109. The minimum Gasteiger partial charge on any atom is -0.507 e. The summed E-state index contributed by atoms with van der Waals surface area (Å²) in [6.45, 7) is 4.25. The summed E-state index contributed by atoms with van der Waals surface area (Å²) in [6, 6.07) is 3.88. The number of aryl methyl sites for hydroxylation is 1. The van der Waals surface area contributed by atoms with Gasteiger partial charge < -0.3 is 9.84 Å². The summed E-state index contributed by atoms with van der Waals surface area (Å²) >= 11 is 0. The first-order valence-electron chi connectivity index (χ1n) is 10.4. The first-order valence-corrected chi connectivity index (χ1v) is 8.89. The van der Waals surface area contributed by atoms with Crippen LogP contribution in [0.1, 0.15) is 80.9 Å². The average molecular weight is 317 g/mol. The van der Waals surface area contributed by atoms with Gasteiger partial charge in [-0.2, -0.15) is 0 Å². The topological polar surface area (TPSA) is 29.5 Å². The Kier molecular flexibility index (Phi) is 3.49. The molecule has 1 aromatic carbocycles. The molecule has 0 unspecified atom stereocenters. The summed E-state index contributed by atoms with van der Waals surface area (Å²) in [4.78, 5) is 0. The van der Waals surface area contributed by atoms with Crippen LogP contribution in [0.25, 0.3) is 0 Å². The van der Waals surface area contributed by atoms with Gasteiger partial charge in [-0.05, 0) is 64.1 Å². The molecule has 2 heteroatoms. The molecule has 0 radical (unpaired) electrons. The summed E-state index contributed by atoms with van der Waals surface area (Å²) in [5.74, 6) is 1.01. The number of unbranched alkanes of at least 4 members (excludes halogenated alkanes) is 2. The lowest BCUT2D eigenvalue weighted by atomic mass is 9.68. The number of benzene rings is 1. The lowest BCUT2D eigenvalue weighted by Gasteiger charge is -2.46. The molecule has 126 valence electrons. The third-order valence-electron chi connectivity index (χ3n) is 5.39. The number of phenols is 1. The molecule has 2 aliphatic rings. The van der Waals surface area contributed by atoms with Gasteiger partial charge in [0.2, 0.25) is 0 Å². The van der Waals surface area contributed by atoms with Crippen molar-refractivity contribution in [2.45, 2.75) is 77.7 Å². The van der Waals surface area contributed by atoms with Gasteiger partial charge in [0.15, 0.2) is 0 Å². The molecule has 1 heterocycles. The first kappa shape index (κ1) is 12.9. The Labute approximate surface area is 144 Å². The van der Waals surface area contributed by atoms with E-state index < -0.39 is 6.85 Å². The van der Waals surface area contributed by atoms with Crippen LogP contribution in [0.4, 0.5) is 0 Å². The van der Waals surface area contributed by atoms with E-state index in [2.05, 4.69) is 20.8 Å². The minimum atomic E-state index is -2.07. The lowest BCUT2D eigenvalue weighted by Crippen LogP contribution is -2.45. The number of rotatable bonds is 4. The Morgan fingerprint density at radius 3 is 2.91 bits per heavy atom. The van der Waals surface area contributed by atoms with Gasteiger partial charge in [-0.15, -0.1) is 0 Å². The normalized spacial score (nSPS) is 27.6. The number of phenolic OH excluding ortho intramolecular Hbond substituents is 1. The molecule has 0 aromatic heterocycles. The number of fused-ring (bicyclic) bond motifs is 3. The standard InChI is InChI=1S/C21H30O2/c1-5-6-7-8-15-12-18(22)20-16-11-14(2)9-10-17(16)21(3,4)23-19(20)13-15/h11-13,16-17,22H,5-10H2,1-4H3/t16-,17-/m1/s1/i2D3. The Morgan fingerprint density at radius 1 is 1.35 bits per heavy atom. The van der Waals surface area contributed by atoms with E-state index in [9.17, 15) is 5.11 Å². The highest BCUT2D eigenvalue weighted by Crippen LogP contribution is 2.53. The molecule has 0 spiro atoms. The molecule has 0 saturated carbocycles. The summed E-state index contributed by atoms with van der Waals surface area (Å²) in [6.07, 6.45) is 7.54. The van der Waals surface area contributed by atoms with Gasteiger partial charge in [0.25, 0.3) is 0 Å². The fourth-order valence-electron chi connectivity index (χ4n) is 4.14. The van der Waals surface area contributed by atoms with Crippen LogP contribution in [0.3, 0.4) is 0 Å². The highest BCUT2D eigenvalue weighted by Gasteiger charge is 2.45. The van der Waals surface area contributed by atoms with Crippen molar-refractivity contribution in [3.63, 3.8) is 0 Å². The highest BCUT2D eigenvalue weighted by molar-refractivity contribution is 5.53. The largest absolute Gasteiger partial charge is 0.507 e. The molecule has 1 aromatic rings. The molecule has 2 nitrogen and oxygen atoms in total. The van der Waals surface area contributed by atoms with Gasteiger partial charge in [0, 0.05) is 21.5 Å². The number of hydrogen-bond acceptors (Lipinski definition) is 2. The summed E-state index contributed by atoms with van der Waals surface area (Å²) < 4.78 is 29.6. The van der Waals surface area contributed by atoms with Gasteiger partial charge in [0.05, 0.1) is 0 Å². The van der Waals surface area contributed by atoms with Crippen LogP contribution < -0.4 is 4.74 Å². The Bertz CT molecular complexity index is 704. The van der Waals surface area contributed by atoms with E-state index in [1.165, 1.54) is 6.42 Å². The second-order valence-corrected chi connectivity index (χ2v) is 7.55. The van der Waals surface area contributed by atoms with Crippen molar-refractivity contribution in [2.24, 2.45) is 5.92 Å². The van der Waals surface area contributed by atoms with E-state index in [0.29, 0.717) is 17.7 Å². The van der Waals surface area contributed by atoms with Crippen LogP contribution >= 0.6 is 0 Å². The van der Waals surface area contributed by atoms with Crippen LogP contribution in [0.5, 0.6) is 11.5 Å². The average Bonchev–Trinajstić information content (AvgIpc) is 2.53. The van der Waals surface area contributed by atoms with E-state index >= 15 is 0 Å². The van der Waals surface area contributed by atoms with Crippen LogP contribution in [-0.2, 0) is 6.42 Å². The molecule has 0 saturated heterocycles. The number of aromatic hydroxyl groups is 1. The van der Waals surface area contributed by atoms with Crippen molar-refractivity contribution in [3.8, 4) is 11.5 Å². The maximum Gasteiger partial charge on any atom is 0.127 e. The molecule has 1 N–H and O–H groups in total. The van der Waals surface area contributed by atoms with Gasteiger partial charge in [0.1, 0.15) is 17.1 Å². The van der Waals surface area contributed by atoms with E-state index in [1.54, 1.807) is 0 Å². The van der Waals surface area contributed by atoms with Crippen LogP contribution in [0.15, 0.2) is 23.8 Å². The maximum atomic E-state index is 10.7. The summed E-state index contributed by atoms with van der Waals surface area (Å²) in [5.41, 5.74) is 1.96. The molecule has 0 fully saturated rings. The predicted octanol–water partition coefficient (Wildman–Crippen LogP) is 5.74. The molecule has 0 amide bonds. The van der Waals surface area contributed by atoms with Crippen molar-refractivity contribution in [2.75, 3.05) is 0 Å². The van der Waals surface area contributed by atoms with Gasteiger partial charge >= 0.3 is 0 Å². The van der Waals surface area contributed by atoms with Crippen molar-refractivity contribution in [1.82, 2.24) is 0 Å². The monoisotopic (exact) mass is 317 g/mol. The third kappa shape index (κ3) is 3.13. The number of allylic oxidation sites excluding steroid dienone is 2. The summed E-state index contributed by atoms with van der Waals surface area (Å²) in [7, 11) is 0. The SMILES string of the molecule is [2H]C([2H])([2H])C1=C[C@H]2c3c(O)cc(CCCCC)cc3OC(C)(C)[C@@H]2CC1. The first-order chi connectivity index (χ1) is 12.1. The zero-order valence-electron chi connectivity index (χ0n) is 17.5. The molecule has 2 atom stereocenters. The molecule has 1 aliphatic heterocycles. The fourth-order valence-corrected chi connectivity index (χ4v) is 4.14. The zero-order valence-corrected chi connectivity index (χ0v) is 14.5. The van der Waals surface area contributed by atoms with E-state index in [4.69, 9.17) is 8.85 Å². The molecular weight excluding hydrogens is 284 g/mol. The Balaban J connectivity index is 2.02. The molecular formula is C21H30O2. The predicted molar refractivity (Wildman–Crippen MR) is 95.3 cm³/mol. The quantitative estimate of drug-likeness (QED) is 0.567. The zero-order chi connectivity index (χ0) is 19.1. The number of ether oxygens (including phenoxy) is 1. The molecule has 0 bridgehead atoms. The van der Waals surface area contributed by atoms with E-state index in [0.717, 1.165) is 36.8 Å². The Hall–Kier alpha value is -1.44. The second kappa shape index (κ2) is 6.22. The molecule has 3 rings (SSSR count). The van der Waals surface area contributed by atoms with Crippen molar-refractivity contribution in [3.05, 3.63) is 34.9 Å². The van der Waals surface area contributed by atoms with Crippen molar-refractivity contribution < 1.29 is 14.0 Å². The van der Waals surface area contributed by atoms with E-state index in [1.807, 2.05) is 18.2 Å². The highest BCUT2D eigenvalue weighted by atomic mass is 16.5. The summed E-state index contributed by atoms with van der Waals surface area (Å²) in [5, 5.41) is 10.7. The maximum absolute atomic E-state index is 10.7. The smallest absolute Gasteiger partial charge is 0.127 e. The van der Waals surface area contributed by atoms with Crippen LogP contribution in [0, 0.1) is 5.92 Å². The third-order valence-corrected chi connectivity index (χ3v) is 5.39.